The van der Waals surface area contributed by atoms with E-state index in [0.717, 1.165) is 6.61 Å². The summed E-state index contributed by atoms with van der Waals surface area (Å²) < 4.78 is 5.40. The summed E-state index contributed by atoms with van der Waals surface area (Å²) in [6.07, 6.45) is 0. The molecule has 1 amide bonds. The fraction of sp³-hybridized carbons (Fsp3) is 0.900. The van der Waals surface area contributed by atoms with Gasteiger partial charge in [0.2, 0.25) is 5.91 Å². The van der Waals surface area contributed by atoms with Crippen LogP contribution in [0.15, 0.2) is 0 Å². The third kappa shape index (κ3) is 3.63. The van der Waals surface area contributed by atoms with Gasteiger partial charge in [-0.15, -0.1) is 11.6 Å². The molecule has 1 heterocycles. The van der Waals surface area contributed by atoms with Gasteiger partial charge >= 0.3 is 0 Å². The molecule has 1 unspecified atom stereocenters. The number of rotatable bonds is 4. The Morgan fingerprint density at radius 1 is 1.60 bits per heavy atom. The van der Waals surface area contributed by atoms with Gasteiger partial charge in [-0.3, -0.25) is 4.79 Å². The Morgan fingerprint density at radius 3 is 2.80 bits per heavy atom. The summed E-state index contributed by atoms with van der Waals surface area (Å²) in [5.74, 6) is 0.250. The minimum Gasteiger partial charge on any atom is -0.379 e. The number of amides is 1. The summed E-state index contributed by atoms with van der Waals surface area (Å²) in [6.45, 7) is 3.76. The highest BCUT2D eigenvalue weighted by Crippen LogP contribution is 2.16. The molecule has 88 valence electrons. The van der Waals surface area contributed by atoms with Crippen LogP contribution in [0.3, 0.4) is 0 Å². The van der Waals surface area contributed by atoms with E-state index in [2.05, 4.69) is 10.2 Å². The number of carbonyl (C=O) groups excluding carboxylic acids is 1. The molecule has 1 N–H and O–H groups in total. The van der Waals surface area contributed by atoms with Crippen molar-refractivity contribution < 1.29 is 9.53 Å². The van der Waals surface area contributed by atoms with Crippen LogP contribution in [-0.4, -0.2) is 56.1 Å². The minimum absolute atomic E-state index is 0.110. The van der Waals surface area contributed by atoms with Crippen molar-refractivity contribution in [1.29, 1.82) is 0 Å². The number of carbonyl (C=O) groups is 1. The SMILES string of the molecule is CC(Cl)C(=O)NC[C@@H]1COC[C@H]1N(C)C. The molecule has 0 aromatic rings. The average Bonchev–Trinajstić information content (AvgIpc) is 2.61. The molecule has 1 rings (SSSR count). The highest BCUT2D eigenvalue weighted by atomic mass is 35.5. The van der Waals surface area contributed by atoms with E-state index in [0.29, 0.717) is 25.1 Å². The standard InChI is InChI=1S/C10H19ClN2O2/c1-7(11)10(14)12-4-8-5-15-6-9(8)13(2)3/h7-9H,4-6H2,1-3H3,(H,12,14)/t7?,8-,9-/m1/s1. The van der Waals surface area contributed by atoms with Gasteiger partial charge in [0.15, 0.2) is 0 Å². The number of hydrogen-bond donors (Lipinski definition) is 1. The molecule has 0 aromatic carbocycles. The number of likely N-dealkylation sites (N-methyl/N-ethyl adjacent to an activating group) is 1. The zero-order valence-corrected chi connectivity index (χ0v) is 10.3. The van der Waals surface area contributed by atoms with Crippen molar-refractivity contribution in [3.8, 4) is 0 Å². The van der Waals surface area contributed by atoms with Crippen LogP contribution in [-0.2, 0) is 9.53 Å². The number of ether oxygens (including phenoxy) is 1. The lowest BCUT2D eigenvalue weighted by molar-refractivity contribution is -0.120. The highest BCUT2D eigenvalue weighted by molar-refractivity contribution is 6.30. The maximum Gasteiger partial charge on any atom is 0.237 e. The summed E-state index contributed by atoms with van der Waals surface area (Å²) in [6, 6.07) is 0.385. The van der Waals surface area contributed by atoms with Crippen LogP contribution in [0, 0.1) is 5.92 Å². The Labute approximate surface area is 95.9 Å². The summed E-state index contributed by atoms with van der Waals surface area (Å²) in [4.78, 5) is 13.4. The summed E-state index contributed by atoms with van der Waals surface area (Å²) in [5.41, 5.74) is 0. The smallest absolute Gasteiger partial charge is 0.237 e. The molecule has 3 atom stereocenters. The van der Waals surface area contributed by atoms with Gasteiger partial charge in [-0.05, 0) is 21.0 Å². The molecular formula is C10H19ClN2O2. The van der Waals surface area contributed by atoms with Crippen LogP contribution in [0.2, 0.25) is 0 Å². The lowest BCUT2D eigenvalue weighted by Gasteiger charge is -2.24. The van der Waals surface area contributed by atoms with Gasteiger partial charge in [0, 0.05) is 18.5 Å². The number of nitrogens with zero attached hydrogens (tertiary/aromatic N) is 1. The van der Waals surface area contributed by atoms with Gasteiger partial charge in [-0.25, -0.2) is 0 Å². The first kappa shape index (κ1) is 12.7. The summed E-state index contributed by atoms with van der Waals surface area (Å²) in [5, 5.41) is 2.36. The van der Waals surface area contributed by atoms with Crippen molar-refractivity contribution in [3.05, 3.63) is 0 Å². The largest absolute Gasteiger partial charge is 0.379 e. The molecule has 0 spiro atoms. The average molecular weight is 235 g/mol. The van der Waals surface area contributed by atoms with Gasteiger partial charge in [0.05, 0.1) is 13.2 Å². The highest BCUT2D eigenvalue weighted by Gasteiger charge is 2.30. The molecule has 1 aliphatic heterocycles. The molecule has 0 saturated carbocycles. The Morgan fingerprint density at radius 2 is 2.27 bits per heavy atom. The van der Waals surface area contributed by atoms with Gasteiger partial charge in [-0.2, -0.15) is 0 Å². The normalized spacial score (nSPS) is 28.1. The van der Waals surface area contributed by atoms with Crippen LogP contribution in [0.5, 0.6) is 0 Å². The van der Waals surface area contributed by atoms with Crippen LogP contribution < -0.4 is 5.32 Å². The Kier molecular flexibility index (Phi) is 4.83. The molecule has 15 heavy (non-hydrogen) atoms. The van der Waals surface area contributed by atoms with Crippen LogP contribution in [0.25, 0.3) is 0 Å². The van der Waals surface area contributed by atoms with E-state index in [-0.39, 0.29) is 5.91 Å². The Bertz CT molecular complexity index is 221. The fourth-order valence-electron chi connectivity index (χ4n) is 1.73. The lowest BCUT2D eigenvalue weighted by Crippen LogP contribution is -2.42. The minimum atomic E-state index is -0.467. The van der Waals surface area contributed by atoms with E-state index in [1.807, 2.05) is 14.1 Å². The number of nitrogens with one attached hydrogen (secondary N) is 1. The zero-order valence-electron chi connectivity index (χ0n) is 9.50. The predicted molar refractivity (Wildman–Crippen MR) is 60.1 cm³/mol. The third-order valence-electron chi connectivity index (χ3n) is 2.73. The lowest BCUT2D eigenvalue weighted by atomic mass is 10.0. The second-order valence-corrected chi connectivity index (χ2v) is 4.84. The summed E-state index contributed by atoms with van der Waals surface area (Å²) >= 11 is 5.66. The number of alkyl halides is 1. The van der Waals surface area contributed by atoms with Crippen LogP contribution in [0.4, 0.5) is 0 Å². The van der Waals surface area contributed by atoms with E-state index in [1.165, 1.54) is 0 Å². The first-order valence-electron chi connectivity index (χ1n) is 5.18. The molecule has 4 nitrogen and oxygen atoms in total. The topological polar surface area (TPSA) is 41.6 Å². The second kappa shape index (κ2) is 5.68. The van der Waals surface area contributed by atoms with E-state index in [1.54, 1.807) is 6.92 Å². The van der Waals surface area contributed by atoms with E-state index >= 15 is 0 Å². The van der Waals surface area contributed by atoms with Crippen LogP contribution in [0.1, 0.15) is 6.92 Å². The van der Waals surface area contributed by atoms with E-state index in [4.69, 9.17) is 16.3 Å². The van der Waals surface area contributed by atoms with Crippen molar-refractivity contribution in [1.82, 2.24) is 10.2 Å². The molecule has 0 radical (unpaired) electrons. The van der Waals surface area contributed by atoms with Crippen molar-refractivity contribution >= 4 is 17.5 Å². The first-order chi connectivity index (χ1) is 7.02. The first-order valence-corrected chi connectivity index (χ1v) is 5.62. The summed E-state index contributed by atoms with van der Waals surface area (Å²) in [7, 11) is 4.05. The predicted octanol–water partition coefficient (Wildman–Crippen LogP) is 0.306. The van der Waals surface area contributed by atoms with Crippen LogP contribution >= 0.6 is 11.6 Å². The molecule has 1 saturated heterocycles. The van der Waals surface area contributed by atoms with Crippen molar-refractivity contribution in [2.45, 2.75) is 18.3 Å². The Balaban J connectivity index is 2.35. The van der Waals surface area contributed by atoms with E-state index in [9.17, 15) is 4.79 Å². The maximum atomic E-state index is 11.3. The zero-order chi connectivity index (χ0) is 11.4. The van der Waals surface area contributed by atoms with Crippen molar-refractivity contribution in [3.63, 3.8) is 0 Å². The molecule has 1 aliphatic rings. The van der Waals surface area contributed by atoms with Gasteiger partial charge < -0.3 is 15.0 Å². The van der Waals surface area contributed by atoms with Gasteiger partial charge in [0.1, 0.15) is 5.38 Å². The Hall–Kier alpha value is -0.320. The molecule has 0 bridgehead atoms. The van der Waals surface area contributed by atoms with Crippen molar-refractivity contribution in [2.24, 2.45) is 5.92 Å². The molecular weight excluding hydrogens is 216 g/mol. The molecule has 0 aliphatic carbocycles. The third-order valence-corrected chi connectivity index (χ3v) is 2.93. The second-order valence-electron chi connectivity index (χ2n) is 4.19. The van der Waals surface area contributed by atoms with Gasteiger partial charge in [-0.1, -0.05) is 0 Å². The monoisotopic (exact) mass is 234 g/mol. The fourth-order valence-corrected chi connectivity index (χ4v) is 1.80. The van der Waals surface area contributed by atoms with Gasteiger partial charge in [0.25, 0.3) is 0 Å². The van der Waals surface area contributed by atoms with E-state index < -0.39 is 5.38 Å². The number of halogens is 1. The quantitative estimate of drug-likeness (QED) is 0.712. The molecule has 5 heteroatoms. The maximum absolute atomic E-state index is 11.3. The molecule has 1 fully saturated rings. The van der Waals surface area contributed by atoms with Crippen molar-refractivity contribution in [2.75, 3.05) is 33.9 Å². The number of hydrogen-bond acceptors (Lipinski definition) is 3. The molecule has 0 aromatic heterocycles.